The first-order valence-electron chi connectivity index (χ1n) is 9.68. The lowest BCUT2D eigenvalue weighted by Crippen LogP contribution is -2.42. The number of halogens is 1. The lowest BCUT2D eigenvalue weighted by atomic mass is 10.1. The van der Waals surface area contributed by atoms with Crippen molar-refractivity contribution in [2.24, 2.45) is 0 Å². The molecule has 0 N–H and O–H groups in total. The van der Waals surface area contributed by atoms with Gasteiger partial charge in [-0.1, -0.05) is 12.8 Å². The zero-order valence-electron chi connectivity index (χ0n) is 15.3. The third-order valence-corrected chi connectivity index (χ3v) is 7.56. The van der Waals surface area contributed by atoms with Gasteiger partial charge in [-0.15, -0.1) is 0 Å². The fourth-order valence-corrected chi connectivity index (χ4v) is 5.50. The number of amides is 1. The number of hydrogen-bond donors (Lipinski definition) is 0. The number of hydrogen-bond acceptors (Lipinski definition) is 4. The second-order valence-electron chi connectivity index (χ2n) is 7.54. The Labute approximate surface area is 159 Å². The molecule has 0 spiro atoms. The van der Waals surface area contributed by atoms with Crippen molar-refractivity contribution in [2.45, 2.75) is 55.5 Å². The van der Waals surface area contributed by atoms with Gasteiger partial charge in [-0.2, -0.15) is 4.31 Å². The fraction of sp³-hybridized carbons (Fsp3) is 0.632. The topological polar surface area (TPSA) is 66.9 Å². The highest BCUT2D eigenvalue weighted by Gasteiger charge is 2.40. The third-order valence-electron chi connectivity index (χ3n) is 5.67. The van der Waals surface area contributed by atoms with Gasteiger partial charge >= 0.3 is 0 Å². The van der Waals surface area contributed by atoms with Gasteiger partial charge in [0.05, 0.1) is 23.7 Å². The van der Waals surface area contributed by atoms with Crippen LogP contribution in [-0.2, 0) is 14.8 Å². The van der Waals surface area contributed by atoms with Crippen LogP contribution >= 0.6 is 0 Å². The minimum absolute atomic E-state index is 0.0312. The van der Waals surface area contributed by atoms with Crippen molar-refractivity contribution in [2.75, 3.05) is 26.3 Å². The van der Waals surface area contributed by atoms with Crippen LogP contribution in [0.3, 0.4) is 0 Å². The molecular formula is C19H25FN2O4S. The third kappa shape index (κ3) is 3.75. The molecule has 1 saturated heterocycles. The highest BCUT2D eigenvalue weighted by molar-refractivity contribution is 7.89. The van der Waals surface area contributed by atoms with Gasteiger partial charge in [-0.05, 0) is 43.9 Å². The van der Waals surface area contributed by atoms with Crippen molar-refractivity contribution in [3.63, 3.8) is 0 Å². The zero-order chi connectivity index (χ0) is 19.0. The molecule has 3 fully saturated rings. The van der Waals surface area contributed by atoms with Gasteiger partial charge < -0.3 is 9.64 Å². The lowest BCUT2D eigenvalue weighted by Gasteiger charge is -2.30. The summed E-state index contributed by atoms with van der Waals surface area (Å²) in [6, 6.07) is 3.87. The first-order valence-corrected chi connectivity index (χ1v) is 11.1. The summed E-state index contributed by atoms with van der Waals surface area (Å²) in [6.45, 7) is 1.20. The van der Waals surface area contributed by atoms with Crippen LogP contribution in [0, 0.1) is 5.82 Å². The Bertz CT molecular complexity index is 813. The molecule has 6 nitrogen and oxygen atoms in total. The summed E-state index contributed by atoms with van der Waals surface area (Å²) >= 11 is 0. The van der Waals surface area contributed by atoms with Crippen molar-refractivity contribution in [3.8, 4) is 0 Å². The van der Waals surface area contributed by atoms with Crippen molar-refractivity contribution in [1.82, 2.24) is 9.21 Å². The number of benzene rings is 1. The van der Waals surface area contributed by atoms with E-state index in [0.717, 1.165) is 44.6 Å². The zero-order valence-corrected chi connectivity index (χ0v) is 16.1. The number of ether oxygens (including phenoxy) is 1. The Morgan fingerprint density at radius 3 is 2.33 bits per heavy atom. The molecule has 0 atom stereocenters. The molecule has 0 unspecified atom stereocenters. The molecule has 3 aliphatic rings. The maximum absolute atomic E-state index is 14.5. The molecule has 148 valence electrons. The van der Waals surface area contributed by atoms with Crippen LogP contribution < -0.4 is 0 Å². The van der Waals surface area contributed by atoms with Crippen LogP contribution in [0.25, 0.3) is 0 Å². The Morgan fingerprint density at radius 1 is 1.07 bits per heavy atom. The minimum atomic E-state index is -3.77. The van der Waals surface area contributed by atoms with E-state index in [4.69, 9.17) is 4.74 Å². The number of nitrogens with zero attached hydrogens (tertiary/aromatic N) is 2. The largest absolute Gasteiger partial charge is 0.379 e. The van der Waals surface area contributed by atoms with E-state index >= 15 is 0 Å². The fourth-order valence-electron chi connectivity index (χ4n) is 4.07. The molecule has 2 saturated carbocycles. The van der Waals surface area contributed by atoms with E-state index in [9.17, 15) is 17.6 Å². The monoisotopic (exact) mass is 396 g/mol. The van der Waals surface area contributed by atoms with Gasteiger partial charge in [0.1, 0.15) is 5.82 Å². The molecule has 0 aromatic heterocycles. The summed E-state index contributed by atoms with van der Waals surface area (Å²) in [5.74, 6) is -1.04. The van der Waals surface area contributed by atoms with Crippen molar-refractivity contribution in [3.05, 3.63) is 29.6 Å². The van der Waals surface area contributed by atoms with Gasteiger partial charge in [-0.25, -0.2) is 12.8 Å². The van der Waals surface area contributed by atoms with E-state index < -0.39 is 15.8 Å². The van der Waals surface area contributed by atoms with E-state index in [-0.39, 0.29) is 41.5 Å². The van der Waals surface area contributed by atoms with Gasteiger partial charge in [0.15, 0.2) is 0 Å². The number of rotatable bonds is 5. The first-order chi connectivity index (χ1) is 13.0. The summed E-state index contributed by atoms with van der Waals surface area (Å²) in [5, 5.41) is 0. The molecule has 0 bridgehead atoms. The van der Waals surface area contributed by atoms with Crippen LogP contribution in [0.4, 0.5) is 4.39 Å². The van der Waals surface area contributed by atoms with Crippen LogP contribution in [-0.4, -0.2) is 61.9 Å². The van der Waals surface area contributed by atoms with Crippen LogP contribution in [0.2, 0.25) is 0 Å². The molecule has 1 aliphatic heterocycles. The molecule has 4 rings (SSSR count). The molecule has 0 radical (unpaired) electrons. The molecule has 1 amide bonds. The molecule has 2 aliphatic carbocycles. The smallest absolute Gasteiger partial charge is 0.257 e. The highest BCUT2D eigenvalue weighted by Crippen LogP contribution is 2.36. The second kappa shape index (κ2) is 7.48. The standard InChI is InChI=1S/C19H25FN2O4S/c20-18-8-7-16(27(24,25)21-9-11-26-12-10-21)13-17(18)19(23)22(15-5-6-15)14-3-1-2-4-14/h7-8,13-15H,1-6,9-12H2. The normalized spacial score (nSPS) is 22.1. The summed E-state index contributed by atoms with van der Waals surface area (Å²) in [5.41, 5.74) is -0.136. The van der Waals surface area contributed by atoms with Gasteiger partial charge in [-0.3, -0.25) is 4.79 Å². The number of morpholine rings is 1. The molecule has 8 heteroatoms. The first kappa shape index (κ1) is 18.8. The maximum atomic E-state index is 14.5. The van der Waals surface area contributed by atoms with Crippen molar-refractivity contribution < 1.29 is 22.3 Å². The summed E-state index contributed by atoms with van der Waals surface area (Å²) in [4.78, 5) is 14.9. The molecule has 1 aromatic rings. The van der Waals surface area contributed by atoms with Gasteiger partial charge in [0, 0.05) is 25.2 Å². The molecular weight excluding hydrogens is 371 g/mol. The predicted molar refractivity (Wildman–Crippen MR) is 97.4 cm³/mol. The summed E-state index contributed by atoms with van der Waals surface area (Å²) in [6.07, 6.45) is 5.92. The molecule has 1 aromatic carbocycles. The SMILES string of the molecule is O=C(c1cc(S(=O)(=O)N2CCOCC2)ccc1F)N(C1CCCC1)C1CC1. The van der Waals surface area contributed by atoms with Crippen LogP contribution in [0.1, 0.15) is 48.9 Å². The van der Waals surface area contributed by atoms with Crippen molar-refractivity contribution >= 4 is 15.9 Å². The Kier molecular flexibility index (Phi) is 5.22. The maximum Gasteiger partial charge on any atom is 0.257 e. The average molecular weight is 396 g/mol. The van der Waals surface area contributed by atoms with E-state index in [1.54, 1.807) is 0 Å². The second-order valence-corrected chi connectivity index (χ2v) is 9.48. The lowest BCUT2D eigenvalue weighted by molar-refractivity contribution is 0.0659. The van der Waals surface area contributed by atoms with Crippen LogP contribution in [0.5, 0.6) is 0 Å². The van der Waals surface area contributed by atoms with E-state index in [2.05, 4.69) is 0 Å². The molecule has 27 heavy (non-hydrogen) atoms. The average Bonchev–Trinajstić information content (AvgIpc) is 3.36. The number of carbonyl (C=O) groups is 1. The number of sulfonamides is 1. The quantitative estimate of drug-likeness (QED) is 0.767. The van der Waals surface area contributed by atoms with Crippen LogP contribution in [0.15, 0.2) is 23.1 Å². The number of carbonyl (C=O) groups excluding carboxylic acids is 1. The predicted octanol–water partition coefficient (Wildman–Crippen LogP) is 2.39. The Morgan fingerprint density at radius 2 is 1.70 bits per heavy atom. The van der Waals surface area contributed by atoms with Crippen molar-refractivity contribution in [1.29, 1.82) is 0 Å². The van der Waals surface area contributed by atoms with E-state index in [0.29, 0.717) is 13.2 Å². The van der Waals surface area contributed by atoms with Gasteiger partial charge in [0.2, 0.25) is 10.0 Å². The van der Waals surface area contributed by atoms with Gasteiger partial charge in [0.25, 0.3) is 5.91 Å². The van der Waals surface area contributed by atoms with E-state index in [1.165, 1.54) is 16.4 Å². The Balaban J connectivity index is 1.64. The Hall–Kier alpha value is -1.51. The molecule has 1 heterocycles. The minimum Gasteiger partial charge on any atom is -0.379 e. The summed E-state index contributed by atoms with van der Waals surface area (Å²) < 4.78 is 46.8. The summed E-state index contributed by atoms with van der Waals surface area (Å²) in [7, 11) is -3.77. The highest BCUT2D eigenvalue weighted by atomic mass is 32.2. The van der Waals surface area contributed by atoms with E-state index in [1.807, 2.05) is 4.90 Å².